The molecule has 4 aromatic rings. The molecule has 3 heterocycles. The maximum absolute atomic E-state index is 4.66. The first-order valence-electron chi connectivity index (χ1n) is 9.49. The number of imidazole rings is 1. The van der Waals surface area contributed by atoms with Crippen molar-refractivity contribution in [1.29, 1.82) is 0 Å². The molecule has 2 aromatic heterocycles. The highest BCUT2D eigenvalue weighted by molar-refractivity contribution is 5.83. The lowest BCUT2D eigenvalue weighted by atomic mass is 9.96. The fraction of sp³-hybridized carbons (Fsp3) is 0.167. The highest BCUT2D eigenvalue weighted by Crippen LogP contribution is 2.43. The van der Waals surface area contributed by atoms with Crippen LogP contribution in [0.25, 0.3) is 28.2 Å². The third-order valence-electron chi connectivity index (χ3n) is 6.03. The minimum atomic E-state index is 0.905. The van der Waals surface area contributed by atoms with Crippen molar-refractivity contribution in [2.45, 2.75) is 26.8 Å². The molecule has 1 aliphatic carbocycles. The number of rotatable bonds is 1. The highest BCUT2D eigenvalue weighted by Gasteiger charge is 2.34. The number of nitrogens with zero attached hydrogens (tertiary/aromatic N) is 3. The van der Waals surface area contributed by atoms with Crippen LogP contribution in [0.1, 0.15) is 27.9 Å². The molecule has 0 N–H and O–H groups in total. The van der Waals surface area contributed by atoms with Gasteiger partial charge in [0.15, 0.2) is 0 Å². The van der Waals surface area contributed by atoms with Gasteiger partial charge in [0.1, 0.15) is 24.6 Å². The summed E-state index contributed by atoms with van der Waals surface area (Å²) < 4.78 is 4.75. The van der Waals surface area contributed by atoms with E-state index in [4.69, 9.17) is 0 Å². The fourth-order valence-electron chi connectivity index (χ4n) is 5.00. The first-order chi connectivity index (χ1) is 13.2. The molecule has 2 aromatic carbocycles. The van der Waals surface area contributed by atoms with E-state index >= 15 is 0 Å². The van der Waals surface area contributed by atoms with Gasteiger partial charge in [-0.25, -0.2) is 4.57 Å². The summed E-state index contributed by atoms with van der Waals surface area (Å²) in [6.07, 6.45) is 7.25. The molecule has 0 spiro atoms. The van der Waals surface area contributed by atoms with Crippen LogP contribution < -0.4 is 4.57 Å². The van der Waals surface area contributed by atoms with Crippen LogP contribution in [0.3, 0.4) is 0 Å². The van der Waals surface area contributed by atoms with Gasteiger partial charge in [0.25, 0.3) is 5.82 Å². The van der Waals surface area contributed by atoms with E-state index in [1.165, 1.54) is 56.1 Å². The first-order valence-corrected chi connectivity index (χ1v) is 9.49. The minimum absolute atomic E-state index is 0.905. The van der Waals surface area contributed by atoms with Crippen LogP contribution in [-0.4, -0.2) is 9.55 Å². The Hall–Kier alpha value is -3.20. The summed E-state index contributed by atoms with van der Waals surface area (Å²) >= 11 is 0. The Balaban J connectivity index is 1.65. The van der Waals surface area contributed by atoms with E-state index in [0.29, 0.717) is 0 Å². The van der Waals surface area contributed by atoms with E-state index in [1.54, 1.807) is 0 Å². The smallest absolute Gasteiger partial charge is 0.260 e. The molecule has 130 valence electrons. The van der Waals surface area contributed by atoms with Crippen LogP contribution in [0, 0.1) is 13.8 Å². The number of benzene rings is 2. The second-order valence-corrected chi connectivity index (χ2v) is 7.66. The zero-order valence-corrected chi connectivity index (χ0v) is 15.5. The second-order valence-electron chi connectivity index (χ2n) is 7.66. The molecule has 3 nitrogen and oxygen atoms in total. The molecule has 2 aliphatic rings. The number of hydrogen-bond donors (Lipinski definition) is 0. The van der Waals surface area contributed by atoms with E-state index in [9.17, 15) is 0 Å². The van der Waals surface area contributed by atoms with Gasteiger partial charge in [-0.3, -0.25) is 4.98 Å². The zero-order valence-electron chi connectivity index (χ0n) is 15.5. The number of aromatic nitrogens is 3. The molecule has 0 atom stereocenters. The third-order valence-corrected chi connectivity index (χ3v) is 6.03. The molecule has 0 unspecified atom stereocenters. The van der Waals surface area contributed by atoms with Crippen LogP contribution in [0.2, 0.25) is 0 Å². The van der Waals surface area contributed by atoms with Crippen LogP contribution >= 0.6 is 0 Å². The maximum atomic E-state index is 4.66. The average Bonchev–Trinajstić information content (AvgIpc) is 3.33. The summed E-state index contributed by atoms with van der Waals surface area (Å²) in [5.41, 5.74) is 12.0. The Labute approximate surface area is 158 Å². The van der Waals surface area contributed by atoms with Gasteiger partial charge in [0.2, 0.25) is 0 Å². The molecule has 3 heteroatoms. The first kappa shape index (κ1) is 14.9. The standard InChI is InChI=1S/C24H20N3/c1-15-12-16(2)23(20-13-21-19(22(15)20)8-5-9-25-21)27-11-10-26-14-17-6-3-4-7-18(17)24(26)27/h3-12H,13-14H2,1-2H3/q+1. The monoisotopic (exact) mass is 350 g/mol. The molecule has 0 bridgehead atoms. The topological polar surface area (TPSA) is 21.7 Å². The number of hydrogen-bond acceptors (Lipinski definition) is 1. The Morgan fingerprint density at radius 2 is 1.85 bits per heavy atom. The van der Waals surface area contributed by atoms with Gasteiger partial charge < -0.3 is 0 Å². The largest absolute Gasteiger partial charge is 0.294 e. The lowest BCUT2D eigenvalue weighted by Crippen LogP contribution is -2.30. The molecule has 0 saturated heterocycles. The highest BCUT2D eigenvalue weighted by atomic mass is 15.2. The second kappa shape index (κ2) is 5.17. The van der Waals surface area contributed by atoms with Crippen LogP contribution in [0.15, 0.2) is 61.1 Å². The number of pyridine rings is 1. The molecule has 0 fully saturated rings. The van der Waals surface area contributed by atoms with E-state index in [1.807, 2.05) is 12.3 Å². The third kappa shape index (κ3) is 1.91. The summed E-state index contributed by atoms with van der Waals surface area (Å²) in [5.74, 6) is 1.28. The van der Waals surface area contributed by atoms with E-state index in [0.717, 1.165) is 13.0 Å². The lowest BCUT2D eigenvalue weighted by molar-refractivity contribution is -0.671. The zero-order chi connectivity index (χ0) is 18.1. The van der Waals surface area contributed by atoms with Gasteiger partial charge in [0.05, 0.1) is 11.3 Å². The normalized spacial score (nSPS) is 13.3. The summed E-state index contributed by atoms with van der Waals surface area (Å²) in [4.78, 5) is 4.66. The summed E-state index contributed by atoms with van der Waals surface area (Å²) in [5, 5.41) is 0. The van der Waals surface area contributed by atoms with Crippen molar-refractivity contribution in [3.05, 3.63) is 89.0 Å². The van der Waals surface area contributed by atoms with Gasteiger partial charge in [-0.1, -0.05) is 30.3 Å². The van der Waals surface area contributed by atoms with Crippen LogP contribution in [-0.2, 0) is 13.0 Å². The van der Waals surface area contributed by atoms with Crippen molar-refractivity contribution in [3.63, 3.8) is 0 Å². The molecule has 0 saturated carbocycles. The van der Waals surface area contributed by atoms with Crippen molar-refractivity contribution in [2.75, 3.05) is 0 Å². The van der Waals surface area contributed by atoms with Gasteiger partial charge in [0, 0.05) is 29.3 Å². The number of aryl methyl sites for hydroxylation is 2. The average molecular weight is 350 g/mol. The SMILES string of the molecule is Cc1cc(C)c(-n2cc[n+]3c2-c2ccccc2C3)c2c1-c1cccnc1C2. The number of fused-ring (bicyclic) bond motifs is 6. The van der Waals surface area contributed by atoms with Gasteiger partial charge >= 0.3 is 0 Å². The van der Waals surface area contributed by atoms with E-state index in [-0.39, 0.29) is 0 Å². The summed E-state index contributed by atoms with van der Waals surface area (Å²) in [7, 11) is 0. The Kier molecular flexibility index (Phi) is 2.85. The molecule has 1 aliphatic heterocycles. The Morgan fingerprint density at radius 3 is 2.78 bits per heavy atom. The lowest BCUT2D eigenvalue weighted by Gasteiger charge is -2.13. The van der Waals surface area contributed by atoms with Crippen molar-refractivity contribution in [3.8, 4) is 28.2 Å². The predicted octanol–water partition coefficient (Wildman–Crippen LogP) is 4.38. The van der Waals surface area contributed by atoms with Gasteiger partial charge in [-0.05, 0) is 42.7 Å². The minimum Gasteiger partial charge on any atom is -0.260 e. The Morgan fingerprint density at radius 1 is 1.00 bits per heavy atom. The summed E-state index contributed by atoms with van der Waals surface area (Å²) in [6, 6.07) is 15.3. The van der Waals surface area contributed by atoms with Crippen molar-refractivity contribution in [1.82, 2.24) is 9.55 Å². The molecule has 0 amide bonds. The quantitative estimate of drug-likeness (QED) is 0.403. The van der Waals surface area contributed by atoms with Crippen LogP contribution in [0.5, 0.6) is 0 Å². The van der Waals surface area contributed by atoms with Crippen LogP contribution in [0.4, 0.5) is 0 Å². The fourth-order valence-corrected chi connectivity index (χ4v) is 5.00. The van der Waals surface area contributed by atoms with Crippen molar-refractivity contribution in [2.24, 2.45) is 0 Å². The summed E-state index contributed by atoms with van der Waals surface area (Å²) in [6.45, 7) is 5.41. The molecular formula is C24H20N3+. The maximum Gasteiger partial charge on any atom is 0.294 e. The molecular weight excluding hydrogens is 330 g/mol. The van der Waals surface area contributed by atoms with Crippen molar-refractivity contribution >= 4 is 0 Å². The molecule has 6 rings (SSSR count). The van der Waals surface area contributed by atoms with Crippen molar-refractivity contribution < 1.29 is 4.57 Å². The van der Waals surface area contributed by atoms with E-state index < -0.39 is 0 Å². The predicted molar refractivity (Wildman–Crippen MR) is 106 cm³/mol. The van der Waals surface area contributed by atoms with Gasteiger partial charge in [-0.15, -0.1) is 0 Å². The van der Waals surface area contributed by atoms with E-state index in [2.05, 4.69) is 76.8 Å². The molecule has 0 radical (unpaired) electrons. The van der Waals surface area contributed by atoms with Gasteiger partial charge in [-0.2, -0.15) is 4.57 Å². The Bertz CT molecular complexity index is 1250. The molecule has 27 heavy (non-hydrogen) atoms.